The van der Waals surface area contributed by atoms with E-state index in [4.69, 9.17) is 0 Å². The highest BCUT2D eigenvalue weighted by Crippen LogP contribution is 2.25. The number of thiazole rings is 1. The Balaban J connectivity index is 1.54. The molecule has 0 spiro atoms. The first-order chi connectivity index (χ1) is 11.7. The number of aromatic nitrogens is 1. The van der Waals surface area contributed by atoms with Crippen LogP contribution in [0.15, 0.2) is 47.9 Å². The van der Waals surface area contributed by atoms with Crippen LogP contribution in [0.1, 0.15) is 16.7 Å². The third-order valence-corrected chi connectivity index (χ3v) is 4.71. The molecule has 0 saturated heterocycles. The maximum absolute atomic E-state index is 12.2. The summed E-state index contributed by atoms with van der Waals surface area (Å²) in [6.07, 6.45) is 1.72. The topological polar surface area (TPSA) is 89.5 Å². The van der Waals surface area contributed by atoms with Gasteiger partial charge in [-0.05, 0) is 12.5 Å². The molecule has 0 unspecified atom stereocenters. The second-order valence-corrected chi connectivity index (χ2v) is 6.30. The number of hydrogen-bond donors (Lipinski definition) is 4. The first-order valence-electron chi connectivity index (χ1n) is 7.58. The number of carbonyl (C=O) groups excluding carboxylic acids is 1. The number of amides is 1. The average Bonchev–Trinajstić information content (AvgIpc) is 3.23. The molecule has 1 amide bonds. The van der Waals surface area contributed by atoms with Crippen molar-refractivity contribution in [3.05, 3.63) is 52.9 Å². The number of hydrazine groups is 2. The van der Waals surface area contributed by atoms with Crippen molar-refractivity contribution >= 4 is 17.2 Å². The minimum absolute atomic E-state index is 0.0628. The largest absolute Gasteiger partial charge is 0.390 e. The van der Waals surface area contributed by atoms with Crippen molar-refractivity contribution in [2.24, 2.45) is 0 Å². The van der Waals surface area contributed by atoms with E-state index in [1.165, 1.54) is 11.3 Å². The van der Waals surface area contributed by atoms with Gasteiger partial charge in [0.25, 0.3) is 5.91 Å². The molecule has 2 aromatic rings. The molecule has 1 aliphatic heterocycles. The van der Waals surface area contributed by atoms with E-state index in [-0.39, 0.29) is 12.5 Å². The van der Waals surface area contributed by atoms with E-state index >= 15 is 0 Å². The van der Waals surface area contributed by atoms with Crippen LogP contribution < -0.4 is 16.3 Å². The van der Waals surface area contributed by atoms with Crippen molar-refractivity contribution in [1.82, 2.24) is 26.3 Å². The second kappa shape index (κ2) is 7.43. The predicted octanol–water partition coefficient (Wildman–Crippen LogP) is 1.09. The van der Waals surface area contributed by atoms with E-state index in [1.807, 2.05) is 37.3 Å². The Morgan fingerprint density at radius 2 is 2.17 bits per heavy atom. The van der Waals surface area contributed by atoms with Crippen LogP contribution in [0, 0.1) is 0 Å². The van der Waals surface area contributed by atoms with Crippen LogP contribution in [0.25, 0.3) is 10.4 Å². The summed E-state index contributed by atoms with van der Waals surface area (Å²) >= 11 is 1.37. The SMILES string of the molecule is CC1=C(CO)N(CCNC(=O)c2ncc(-c3ccccc3)s2)NN1. The second-order valence-electron chi connectivity index (χ2n) is 5.27. The van der Waals surface area contributed by atoms with E-state index in [9.17, 15) is 9.90 Å². The molecule has 3 rings (SSSR count). The van der Waals surface area contributed by atoms with Gasteiger partial charge in [0.15, 0.2) is 5.01 Å². The van der Waals surface area contributed by atoms with E-state index in [0.717, 1.165) is 21.8 Å². The lowest BCUT2D eigenvalue weighted by molar-refractivity contribution is 0.0946. The van der Waals surface area contributed by atoms with Gasteiger partial charge in [-0.1, -0.05) is 30.3 Å². The molecule has 1 aromatic carbocycles. The van der Waals surface area contributed by atoms with Crippen LogP contribution >= 0.6 is 11.3 Å². The summed E-state index contributed by atoms with van der Waals surface area (Å²) in [7, 11) is 0. The van der Waals surface area contributed by atoms with Gasteiger partial charge in [-0.2, -0.15) is 0 Å². The minimum atomic E-state index is -0.194. The summed E-state index contributed by atoms with van der Waals surface area (Å²) < 4.78 is 0. The van der Waals surface area contributed by atoms with E-state index in [2.05, 4.69) is 21.3 Å². The van der Waals surface area contributed by atoms with Crippen molar-refractivity contribution in [3.8, 4) is 10.4 Å². The molecule has 7 nitrogen and oxygen atoms in total. The minimum Gasteiger partial charge on any atom is -0.390 e. The zero-order valence-electron chi connectivity index (χ0n) is 13.2. The van der Waals surface area contributed by atoms with Crippen LogP contribution in [-0.4, -0.2) is 40.7 Å². The molecule has 1 aromatic heterocycles. The Hall–Kier alpha value is -2.42. The molecule has 24 heavy (non-hydrogen) atoms. The van der Waals surface area contributed by atoms with Crippen molar-refractivity contribution in [2.45, 2.75) is 6.92 Å². The number of aliphatic hydroxyl groups is 1. The van der Waals surface area contributed by atoms with Crippen molar-refractivity contribution < 1.29 is 9.90 Å². The first kappa shape index (κ1) is 16.4. The predicted molar refractivity (Wildman–Crippen MR) is 92.6 cm³/mol. The zero-order chi connectivity index (χ0) is 16.9. The molecule has 1 aliphatic rings. The van der Waals surface area contributed by atoms with Crippen molar-refractivity contribution in [1.29, 1.82) is 0 Å². The Labute approximate surface area is 144 Å². The van der Waals surface area contributed by atoms with Crippen molar-refractivity contribution in [2.75, 3.05) is 19.7 Å². The molecule has 0 fully saturated rings. The highest BCUT2D eigenvalue weighted by molar-refractivity contribution is 7.16. The summed E-state index contributed by atoms with van der Waals surface area (Å²) in [6.45, 7) is 2.78. The van der Waals surface area contributed by atoms with Gasteiger partial charge >= 0.3 is 0 Å². The van der Waals surface area contributed by atoms with Crippen LogP contribution in [0.4, 0.5) is 0 Å². The van der Waals surface area contributed by atoms with Gasteiger partial charge in [-0.25, -0.2) is 4.98 Å². The lowest BCUT2D eigenvalue weighted by Crippen LogP contribution is -2.43. The summed E-state index contributed by atoms with van der Waals surface area (Å²) in [5.74, 6) is -0.194. The van der Waals surface area contributed by atoms with Gasteiger partial charge in [0, 0.05) is 18.4 Å². The standard InChI is InChI=1S/C16H19N5O2S/c1-11-13(10-22)21(20-19-11)8-7-17-15(23)16-18-9-14(24-16)12-5-3-2-4-6-12/h2-6,9,19-20,22H,7-8,10H2,1H3,(H,17,23). The molecular weight excluding hydrogens is 326 g/mol. The van der Waals surface area contributed by atoms with Crippen LogP contribution in [0.3, 0.4) is 0 Å². The number of benzene rings is 1. The van der Waals surface area contributed by atoms with E-state index < -0.39 is 0 Å². The van der Waals surface area contributed by atoms with Crippen LogP contribution in [0.5, 0.6) is 0 Å². The van der Waals surface area contributed by atoms with Gasteiger partial charge in [0.05, 0.1) is 23.7 Å². The van der Waals surface area contributed by atoms with Crippen LogP contribution in [0.2, 0.25) is 0 Å². The highest BCUT2D eigenvalue weighted by Gasteiger charge is 2.18. The quantitative estimate of drug-likeness (QED) is 0.627. The highest BCUT2D eigenvalue weighted by atomic mass is 32.1. The van der Waals surface area contributed by atoms with Gasteiger partial charge < -0.3 is 15.8 Å². The Morgan fingerprint density at radius 1 is 1.38 bits per heavy atom. The van der Waals surface area contributed by atoms with Gasteiger partial charge in [0.2, 0.25) is 0 Å². The Kier molecular flexibility index (Phi) is 5.09. The van der Waals surface area contributed by atoms with E-state index in [0.29, 0.717) is 18.1 Å². The summed E-state index contributed by atoms with van der Waals surface area (Å²) in [5.41, 5.74) is 8.56. The molecule has 0 bridgehead atoms. The number of allylic oxidation sites excluding steroid dienone is 1. The molecular formula is C16H19N5O2S. The molecule has 0 atom stereocenters. The fourth-order valence-electron chi connectivity index (χ4n) is 2.36. The van der Waals surface area contributed by atoms with Crippen molar-refractivity contribution in [3.63, 3.8) is 0 Å². The molecule has 0 aliphatic carbocycles. The van der Waals surface area contributed by atoms with Gasteiger partial charge in [-0.15, -0.1) is 16.9 Å². The average molecular weight is 345 g/mol. The molecule has 0 saturated carbocycles. The van der Waals surface area contributed by atoms with E-state index in [1.54, 1.807) is 11.2 Å². The Morgan fingerprint density at radius 3 is 2.92 bits per heavy atom. The molecule has 2 heterocycles. The number of rotatable bonds is 6. The number of hydrogen-bond acceptors (Lipinski definition) is 7. The third-order valence-electron chi connectivity index (χ3n) is 3.67. The Bertz CT molecular complexity index is 744. The van der Waals surface area contributed by atoms with Gasteiger partial charge in [-0.3, -0.25) is 9.80 Å². The summed E-state index contributed by atoms with van der Waals surface area (Å²) in [6, 6.07) is 9.86. The van der Waals surface area contributed by atoms with Crippen LogP contribution in [-0.2, 0) is 0 Å². The fraction of sp³-hybridized carbons (Fsp3) is 0.250. The number of carbonyl (C=O) groups is 1. The normalized spacial score (nSPS) is 14.0. The molecule has 4 N–H and O–H groups in total. The molecule has 126 valence electrons. The summed E-state index contributed by atoms with van der Waals surface area (Å²) in [4.78, 5) is 17.4. The number of nitrogens with zero attached hydrogens (tertiary/aromatic N) is 2. The lowest BCUT2D eigenvalue weighted by atomic mass is 10.2. The fourth-order valence-corrected chi connectivity index (χ4v) is 3.20. The smallest absolute Gasteiger partial charge is 0.280 e. The van der Waals surface area contributed by atoms with Gasteiger partial charge in [0.1, 0.15) is 0 Å². The maximum atomic E-state index is 12.2. The zero-order valence-corrected chi connectivity index (χ0v) is 14.1. The third kappa shape index (κ3) is 3.56. The maximum Gasteiger partial charge on any atom is 0.280 e. The lowest BCUT2D eigenvalue weighted by Gasteiger charge is -2.19. The number of aliphatic hydroxyl groups excluding tert-OH is 1. The summed E-state index contributed by atoms with van der Waals surface area (Å²) in [5, 5.41) is 14.4. The monoisotopic (exact) mass is 345 g/mol. The molecule has 0 radical (unpaired) electrons. The number of nitrogens with one attached hydrogen (secondary N) is 3. The first-order valence-corrected chi connectivity index (χ1v) is 8.40. The molecule has 8 heteroatoms.